The molecule has 0 spiro atoms. The standard InChI is InChI=1S/C15H22BrN3O/c16-13-2-1-12(10-17)15(9-13)19-4-3-14(11-19)18-5-7-20-8-6-18/h1-2,9,14H,3-8,10-11,17H2. The van der Waals surface area contributed by atoms with Crippen molar-refractivity contribution in [1.82, 2.24) is 4.90 Å². The van der Waals surface area contributed by atoms with Crippen molar-refractivity contribution in [2.75, 3.05) is 44.3 Å². The molecule has 2 aliphatic rings. The second-order valence-corrected chi connectivity index (χ2v) is 6.43. The Morgan fingerprint density at radius 3 is 2.80 bits per heavy atom. The van der Waals surface area contributed by atoms with Crippen molar-refractivity contribution in [1.29, 1.82) is 0 Å². The molecule has 3 rings (SSSR count). The molecular formula is C15H22BrN3O. The normalized spacial score (nSPS) is 24.3. The summed E-state index contributed by atoms with van der Waals surface area (Å²) in [5.74, 6) is 0. The average molecular weight is 340 g/mol. The number of benzene rings is 1. The minimum absolute atomic E-state index is 0.599. The van der Waals surface area contributed by atoms with Crippen LogP contribution in [0.4, 0.5) is 5.69 Å². The van der Waals surface area contributed by atoms with Crippen LogP contribution >= 0.6 is 15.9 Å². The van der Waals surface area contributed by atoms with E-state index >= 15 is 0 Å². The maximum Gasteiger partial charge on any atom is 0.0594 e. The van der Waals surface area contributed by atoms with E-state index in [1.807, 2.05) is 0 Å². The van der Waals surface area contributed by atoms with Gasteiger partial charge in [-0.05, 0) is 24.1 Å². The van der Waals surface area contributed by atoms with Gasteiger partial charge in [-0.3, -0.25) is 4.90 Å². The number of halogens is 1. The van der Waals surface area contributed by atoms with Crippen molar-refractivity contribution < 1.29 is 4.74 Å². The highest BCUT2D eigenvalue weighted by molar-refractivity contribution is 9.10. The van der Waals surface area contributed by atoms with Crippen LogP contribution < -0.4 is 10.6 Å². The van der Waals surface area contributed by atoms with Gasteiger partial charge in [-0.2, -0.15) is 0 Å². The lowest BCUT2D eigenvalue weighted by Crippen LogP contribution is -2.44. The average Bonchev–Trinajstić information content (AvgIpc) is 2.98. The third-order valence-electron chi connectivity index (χ3n) is 4.33. The topological polar surface area (TPSA) is 41.7 Å². The summed E-state index contributed by atoms with van der Waals surface area (Å²) in [7, 11) is 0. The Balaban J connectivity index is 1.71. The van der Waals surface area contributed by atoms with E-state index in [0.717, 1.165) is 43.9 Å². The molecule has 2 fully saturated rings. The van der Waals surface area contributed by atoms with E-state index in [1.165, 1.54) is 17.7 Å². The minimum Gasteiger partial charge on any atom is -0.379 e. The molecule has 20 heavy (non-hydrogen) atoms. The van der Waals surface area contributed by atoms with Crippen LogP contribution in [0, 0.1) is 0 Å². The Hall–Kier alpha value is -0.620. The van der Waals surface area contributed by atoms with Gasteiger partial charge >= 0.3 is 0 Å². The van der Waals surface area contributed by atoms with Gasteiger partial charge in [0, 0.05) is 48.9 Å². The summed E-state index contributed by atoms with van der Waals surface area (Å²) in [4.78, 5) is 5.05. The van der Waals surface area contributed by atoms with Crippen molar-refractivity contribution in [3.05, 3.63) is 28.2 Å². The van der Waals surface area contributed by atoms with Gasteiger partial charge in [0.15, 0.2) is 0 Å². The summed E-state index contributed by atoms with van der Waals surface area (Å²) in [5, 5.41) is 0. The molecule has 0 bridgehead atoms. The first-order valence-electron chi connectivity index (χ1n) is 7.33. The molecule has 1 aromatic carbocycles. The van der Waals surface area contributed by atoms with Gasteiger partial charge in [0.2, 0.25) is 0 Å². The number of ether oxygens (including phenoxy) is 1. The quantitative estimate of drug-likeness (QED) is 0.912. The van der Waals surface area contributed by atoms with Crippen molar-refractivity contribution >= 4 is 21.6 Å². The second-order valence-electron chi connectivity index (χ2n) is 5.51. The third kappa shape index (κ3) is 3.01. The predicted octanol–water partition coefficient (Wildman–Crippen LogP) is 1.82. The molecule has 5 heteroatoms. The van der Waals surface area contributed by atoms with Gasteiger partial charge in [-0.1, -0.05) is 22.0 Å². The van der Waals surface area contributed by atoms with Crippen molar-refractivity contribution in [2.24, 2.45) is 5.73 Å². The van der Waals surface area contributed by atoms with Crippen LogP contribution in [0.3, 0.4) is 0 Å². The molecule has 0 saturated carbocycles. The Bertz CT molecular complexity index is 462. The van der Waals surface area contributed by atoms with Gasteiger partial charge in [-0.15, -0.1) is 0 Å². The molecule has 110 valence electrons. The maximum atomic E-state index is 5.88. The number of hydrogen-bond acceptors (Lipinski definition) is 4. The first-order valence-corrected chi connectivity index (χ1v) is 8.12. The van der Waals surface area contributed by atoms with Crippen LogP contribution in [0.15, 0.2) is 22.7 Å². The highest BCUT2D eigenvalue weighted by Gasteiger charge is 2.29. The van der Waals surface area contributed by atoms with Crippen LogP contribution in [-0.4, -0.2) is 50.3 Å². The molecule has 1 unspecified atom stereocenters. The Morgan fingerprint density at radius 1 is 1.25 bits per heavy atom. The minimum atomic E-state index is 0.599. The molecule has 2 N–H and O–H groups in total. The molecule has 0 radical (unpaired) electrons. The second kappa shape index (κ2) is 6.43. The number of nitrogens with zero attached hydrogens (tertiary/aromatic N) is 2. The van der Waals surface area contributed by atoms with E-state index in [4.69, 9.17) is 10.5 Å². The summed E-state index contributed by atoms with van der Waals surface area (Å²) in [5.41, 5.74) is 8.40. The lowest BCUT2D eigenvalue weighted by atomic mass is 10.1. The van der Waals surface area contributed by atoms with Gasteiger partial charge in [0.05, 0.1) is 13.2 Å². The Kier molecular flexibility index (Phi) is 4.61. The van der Waals surface area contributed by atoms with Crippen molar-refractivity contribution in [2.45, 2.75) is 19.0 Å². The summed E-state index contributed by atoms with van der Waals surface area (Å²) >= 11 is 3.57. The van der Waals surface area contributed by atoms with E-state index < -0.39 is 0 Å². The summed E-state index contributed by atoms with van der Waals surface area (Å²) in [6.07, 6.45) is 1.23. The molecule has 1 aromatic rings. The molecule has 0 aliphatic carbocycles. The van der Waals surface area contributed by atoms with E-state index in [-0.39, 0.29) is 0 Å². The molecule has 2 heterocycles. The smallest absolute Gasteiger partial charge is 0.0594 e. The number of hydrogen-bond donors (Lipinski definition) is 1. The molecule has 1 atom stereocenters. The third-order valence-corrected chi connectivity index (χ3v) is 4.83. The predicted molar refractivity (Wildman–Crippen MR) is 85.0 cm³/mol. The van der Waals surface area contributed by atoms with Gasteiger partial charge in [-0.25, -0.2) is 0 Å². The molecular weight excluding hydrogens is 318 g/mol. The van der Waals surface area contributed by atoms with E-state index in [2.05, 4.69) is 43.9 Å². The highest BCUT2D eigenvalue weighted by Crippen LogP contribution is 2.29. The lowest BCUT2D eigenvalue weighted by Gasteiger charge is -2.32. The number of nitrogens with two attached hydrogens (primary N) is 1. The zero-order chi connectivity index (χ0) is 13.9. The zero-order valence-electron chi connectivity index (χ0n) is 11.7. The summed E-state index contributed by atoms with van der Waals surface area (Å²) in [6, 6.07) is 7.05. The van der Waals surface area contributed by atoms with Crippen molar-refractivity contribution in [3.63, 3.8) is 0 Å². The molecule has 2 saturated heterocycles. The Labute approximate surface area is 129 Å². The molecule has 0 aromatic heterocycles. The molecule has 0 amide bonds. The highest BCUT2D eigenvalue weighted by atomic mass is 79.9. The Morgan fingerprint density at radius 2 is 2.05 bits per heavy atom. The summed E-state index contributed by atoms with van der Waals surface area (Å²) < 4.78 is 6.57. The van der Waals surface area contributed by atoms with Crippen LogP contribution in [0.2, 0.25) is 0 Å². The van der Waals surface area contributed by atoms with Crippen LogP contribution in [0.25, 0.3) is 0 Å². The SMILES string of the molecule is NCc1ccc(Br)cc1N1CCC(N2CCOCC2)C1. The number of rotatable bonds is 3. The first-order chi connectivity index (χ1) is 9.78. The fraction of sp³-hybridized carbons (Fsp3) is 0.600. The monoisotopic (exact) mass is 339 g/mol. The molecule has 4 nitrogen and oxygen atoms in total. The fourth-order valence-corrected chi connectivity index (χ4v) is 3.55. The van der Waals surface area contributed by atoms with E-state index in [0.29, 0.717) is 12.6 Å². The first kappa shape index (κ1) is 14.3. The maximum absolute atomic E-state index is 5.88. The lowest BCUT2D eigenvalue weighted by molar-refractivity contribution is 0.0209. The van der Waals surface area contributed by atoms with E-state index in [1.54, 1.807) is 0 Å². The van der Waals surface area contributed by atoms with Crippen molar-refractivity contribution in [3.8, 4) is 0 Å². The fourth-order valence-electron chi connectivity index (χ4n) is 3.21. The summed E-state index contributed by atoms with van der Waals surface area (Å²) in [6.45, 7) is 6.71. The zero-order valence-corrected chi connectivity index (χ0v) is 13.3. The van der Waals surface area contributed by atoms with Gasteiger partial charge in [0.25, 0.3) is 0 Å². The van der Waals surface area contributed by atoms with Gasteiger partial charge in [0.1, 0.15) is 0 Å². The van der Waals surface area contributed by atoms with Crippen LogP contribution in [-0.2, 0) is 11.3 Å². The van der Waals surface area contributed by atoms with E-state index in [9.17, 15) is 0 Å². The molecule has 2 aliphatic heterocycles. The van der Waals surface area contributed by atoms with Crippen LogP contribution in [0.1, 0.15) is 12.0 Å². The van der Waals surface area contributed by atoms with Gasteiger partial charge < -0.3 is 15.4 Å². The number of anilines is 1. The van der Waals surface area contributed by atoms with Crippen LogP contribution in [0.5, 0.6) is 0 Å². The largest absolute Gasteiger partial charge is 0.379 e. The number of morpholine rings is 1.